The van der Waals surface area contributed by atoms with E-state index in [2.05, 4.69) is 21.0 Å². The predicted molar refractivity (Wildman–Crippen MR) is 61.3 cm³/mol. The van der Waals surface area contributed by atoms with Gasteiger partial charge in [-0.15, -0.1) is 0 Å². The minimum atomic E-state index is -1.14. The molecule has 1 aromatic heterocycles. The van der Waals surface area contributed by atoms with Crippen molar-refractivity contribution in [2.45, 2.75) is 0 Å². The number of fused-ring (bicyclic) bond motifs is 1. The zero-order chi connectivity index (χ0) is 11.7. The van der Waals surface area contributed by atoms with E-state index in [1.165, 1.54) is 6.20 Å². The van der Waals surface area contributed by atoms with E-state index in [4.69, 9.17) is 5.11 Å². The molecule has 1 aromatic carbocycles. The first-order valence-corrected chi connectivity index (χ1v) is 5.56. The average Bonchev–Trinajstić information content (AvgIpc) is 2.70. The van der Waals surface area contributed by atoms with Crippen LogP contribution in [0, 0.1) is 0 Å². The van der Waals surface area contributed by atoms with Gasteiger partial charge in [0, 0.05) is 10.9 Å². The van der Waals surface area contributed by atoms with Gasteiger partial charge in [0.2, 0.25) is 0 Å². The van der Waals surface area contributed by atoms with Crippen LogP contribution in [0.15, 0.2) is 24.4 Å². The van der Waals surface area contributed by atoms with Crippen LogP contribution < -0.4 is 0 Å². The number of hydrogen-bond donors (Lipinski definition) is 1. The zero-order valence-electron chi connectivity index (χ0n) is 8.05. The molecular weight excluding hydrogens is 276 g/mol. The van der Waals surface area contributed by atoms with Crippen LogP contribution >= 0.6 is 15.9 Å². The monoisotopic (exact) mass is 282 g/mol. The van der Waals surface area contributed by atoms with Crippen LogP contribution in [0.2, 0.25) is 0 Å². The third-order valence-corrected chi connectivity index (χ3v) is 2.70. The summed E-state index contributed by atoms with van der Waals surface area (Å²) in [7, 11) is 0. The molecule has 0 bridgehead atoms. The molecule has 0 atom stereocenters. The Morgan fingerprint density at radius 2 is 2.19 bits per heavy atom. The van der Waals surface area contributed by atoms with E-state index in [1.54, 1.807) is 18.2 Å². The van der Waals surface area contributed by atoms with E-state index in [1.807, 2.05) is 0 Å². The highest BCUT2D eigenvalue weighted by Gasteiger charge is 2.10. The molecule has 0 unspecified atom stereocenters. The number of aromatic nitrogens is 2. The predicted octanol–water partition coefficient (Wildman–Crippen LogP) is 2.14. The van der Waals surface area contributed by atoms with Gasteiger partial charge in [-0.1, -0.05) is 15.9 Å². The van der Waals surface area contributed by atoms with E-state index in [0.29, 0.717) is 16.5 Å². The Labute approximate surface area is 98.8 Å². The molecule has 0 aliphatic rings. The zero-order valence-corrected chi connectivity index (χ0v) is 9.64. The second-order valence-electron chi connectivity index (χ2n) is 3.17. The Kier molecular flexibility index (Phi) is 2.74. The Morgan fingerprint density at radius 1 is 1.44 bits per heavy atom. The summed E-state index contributed by atoms with van der Waals surface area (Å²) in [6.45, 7) is 0. The van der Waals surface area contributed by atoms with Crippen LogP contribution in [0.1, 0.15) is 10.4 Å². The minimum Gasteiger partial charge on any atom is -0.463 e. The van der Waals surface area contributed by atoms with Crippen molar-refractivity contribution >= 4 is 38.7 Å². The molecule has 6 heteroatoms. The van der Waals surface area contributed by atoms with Crippen molar-refractivity contribution in [2.75, 3.05) is 5.33 Å². The molecule has 1 heterocycles. The molecule has 0 amide bonds. The Bertz CT molecular complexity index is 576. The Balaban J connectivity index is 2.57. The molecule has 0 aliphatic carbocycles. The van der Waals surface area contributed by atoms with Gasteiger partial charge in [0.25, 0.3) is 0 Å². The van der Waals surface area contributed by atoms with Crippen LogP contribution in [0.4, 0.5) is 4.79 Å². The number of hydrogen-bond acceptors (Lipinski definition) is 3. The number of alkyl halides is 1. The number of nitrogens with zero attached hydrogens (tertiary/aromatic N) is 2. The molecule has 0 fully saturated rings. The fraction of sp³-hybridized carbons (Fsp3) is 0.100. The topological polar surface area (TPSA) is 72.2 Å². The molecular formula is C10H7BrN2O3. The van der Waals surface area contributed by atoms with Crippen LogP contribution in [0.25, 0.3) is 10.9 Å². The van der Waals surface area contributed by atoms with Crippen molar-refractivity contribution in [3.8, 4) is 0 Å². The van der Waals surface area contributed by atoms with E-state index in [0.717, 1.165) is 4.68 Å². The first-order chi connectivity index (χ1) is 7.63. The van der Waals surface area contributed by atoms with Crippen molar-refractivity contribution in [2.24, 2.45) is 0 Å². The van der Waals surface area contributed by atoms with Crippen LogP contribution in [-0.4, -0.2) is 32.1 Å². The highest BCUT2D eigenvalue weighted by atomic mass is 79.9. The summed E-state index contributed by atoms with van der Waals surface area (Å²) < 4.78 is 0.873. The maximum Gasteiger partial charge on any atom is 0.432 e. The second kappa shape index (κ2) is 4.05. The quantitative estimate of drug-likeness (QED) is 0.677. The number of halogens is 1. The fourth-order valence-electron chi connectivity index (χ4n) is 1.44. The molecule has 0 radical (unpaired) electrons. The van der Waals surface area contributed by atoms with Gasteiger partial charge in [0.15, 0.2) is 5.78 Å². The van der Waals surface area contributed by atoms with Crippen LogP contribution in [-0.2, 0) is 0 Å². The molecule has 2 rings (SSSR count). The minimum absolute atomic E-state index is 0.0509. The molecule has 0 saturated heterocycles. The van der Waals surface area contributed by atoms with E-state index < -0.39 is 6.09 Å². The SMILES string of the molecule is O=C(CBr)c1ccc2c(cnn2C(=O)O)c1. The van der Waals surface area contributed by atoms with Crippen molar-refractivity contribution in [1.29, 1.82) is 0 Å². The maximum atomic E-state index is 11.4. The number of carbonyl (C=O) groups excluding carboxylic acids is 1. The van der Waals surface area contributed by atoms with E-state index in [-0.39, 0.29) is 11.1 Å². The van der Waals surface area contributed by atoms with Gasteiger partial charge >= 0.3 is 6.09 Å². The molecule has 5 nitrogen and oxygen atoms in total. The highest BCUT2D eigenvalue weighted by molar-refractivity contribution is 9.09. The number of benzene rings is 1. The first kappa shape index (κ1) is 10.8. The van der Waals surface area contributed by atoms with Gasteiger partial charge in [0.1, 0.15) is 0 Å². The van der Waals surface area contributed by atoms with Crippen LogP contribution in [0.3, 0.4) is 0 Å². The molecule has 0 aliphatic heterocycles. The molecule has 1 N–H and O–H groups in total. The number of carbonyl (C=O) groups is 2. The van der Waals surface area contributed by atoms with Gasteiger partial charge < -0.3 is 5.11 Å². The van der Waals surface area contributed by atoms with Crippen molar-refractivity contribution in [3.63, 3.8) is 0 Å². The summed E-state index contributed by atoms with van der Waals surface area (Å²) in [4.78, 5) is 22.2. The lowest BCUT2D eigenvalue weighted by Crippen LogP contribution is -2.09. The highest BCUT2D eigenvalue weighted by Crippen LogP contribution is 2.16. The smallest absolute Gasteiger partial charge is 0.432 e. The molecule has 82 valence electrons. The number of carboxylic acid groups (broad SMARTS) is 1. The first-order valence-electron chi connectivity index (χ1n) is 4.43. The Morgan fingerprint density at radius 3 is 2.81 bits per heavy atom. The lowest BCUT2D eigenvalue weighted by atomic mass is 10.1. The largest absolute Gasteiger partial charge is 0.463 e. The number of Topliss-reactive ketones (excluding diaryl/α,β-unsaturated/α-hetero) is 1. The summed E-state index contributed by atoms with van der Waals surface area (Å²) in [5, 5.41) is 13.4. The van der Waals surface area contributed by atoms with Gasteiger partial charge in [-0.05, 0) is 18.2 Å². The third kappa shape index (κ3) is 1.71. The second-order valence-corrected chi connectivity index (χ2v) is 3.73. The van der Waals surface area contributed by atoms with Gasteiger partial charge in [-0.25, -0.2) is 4.79 Å². The summed E-state index contributed by atoms with van der Waals surface area (Å²) in [5.41, 5.74) is 1.01. The lowest BCUT2D eigenvalue weighted by molar-refractivity contribution is 0.102. The summed E-state index contributed by atoms with van der Waals surface area (Å²) in [5.74, 6) is -0.0509. The molecule has 0 saturated carbocycles. The normalized spacial score (nSPS) is 10.6. The summed E-state index contributed by atoms with van der Waals surface area (Å²) in [6, 6.07) is 4.80. The molecule has 16 heavy (non-hydrogen) atoms. The Hall–Kier alpha value is -1.69. The van der Waals surface area contributed by atoms with Crippen molar-refractivity contribution < 1.29 is 14.7 Å². The van der Waals surface area contributed by atoms with E-state index >= 15 is 0 Å². The van der Waals surface area contributed by atoms with Crippen molar-refractivity contribution in [1.82, 2.24) is 9.78 Å². The van der Waals surface area contributed by atoms with Gasteiger partial charge in [-0.3, -0.25) is 4.79 Å². The standard InChI is InChI=1S/C10H7BrN2O3/c11-4-9(14)6-1-2-8-7(3-6)5-12-13(8)10(15)16/h1-3,5H,4H2,(H,15,16). The number of rotatable bonds is 2. The molecule has 2 aromatic rings. The van der Waals surface area contributed by atoms with Crippen LogP contribution in [0.5, 0.6) is 0 Å². The fourth-order valence-corrected chi connectivity index (χ4v) is 1.76. The van der Waals surface area contributed by atoms with E-state index in [9.17, 15) is 9.59 Å². The summed E-state index contributed by atoms with van der Waals surface area (Å²) in [6.07, 6.45) is 0.281. The lowest BCUT2D eigenvalue weighted by Gasteiger charge is -1.98. The number of ketones is 1. The van der Waals surface area contributed by atoms with Gasteiger partial charge in [-0.2, -0.15) is 9.78 Å². The molecule has 0 spiro atoms. The average molecular weight is 283 g/mol. The maximum absolute atomic E-state index is 11.4. The third-order valence-electron chi connectivity index (χ3n) is 2.19. The van der Waals surface area contributed by atoms with Gasteiger partial charge in [0.05, 0.1) is 17.0 Å². The summed E-state index contributed by atoms with van der Waals surface area (Å²) >= 11 is 3.08. The van der Waals surface area contributed by atoms with Crippen molar-refractivity contribution in [3.05, 3.63) is 30.0 Å².